The summed E-state index contributed by atoms with van der Waals surface area (Å²) in [6.45, 7) is 3.36. The van der Waals surface area contributed by atoms with E-state index in [1.807, 2.05) is 35.4 Å². The number of ether oxygens (including phenoxy) is 1. The van der Waals surface area contributed by atoms with Crippen molar-refractivity contribution in [1.82, 2.24) is 20.2 Å². The number of nitrogens with one attached hydrogen (secondary N) is 1. The van der Waals surface area contributed by atoms with E-state index in [1.54, 1.807) is 0 Å². The number of urea groups is 1. The summed E-state index contributed by atoms with van der Waals surface area (Å²) in [7, 11) is 0. The smallest absolute Gasteiger partial charge is 0.318 e. The maximum atomic E-state index is 12.6. The first-order chi connectivity index (χ1) is 13.7. The minimum Gasteiger partial charge on any atom is -0.381 e. The largest absolute Gasteiger partial charge is 0.381 e. The van der Waals surface area contributed by atoms with Gasteiger partial charge in [-0.3, -0.25) is 0 Å². The van der Waals surface area contributed by atoms with Crippen LogP contribution in [0.4, 0.5) is 4.79 Å². The maximum absolute atomic E-state index is 12.6. The van der Waals surface area contributed by atoms with E-state index < -0.39 is 0 Å². The number of aromatic nitrogens is 2. The number of nitrogens with zero attached hydrogens (tertiary/aromatic N) is 3. The van der Waals surface area contributed by atoms with Crippen LogP contribution in [0.1, 0.15) is 35.5 Å². The zero-order chi connectivity index (χ0) is 19.3. The Bertz CT molecular complexity index is 822. The third-order valence-electron chi connectivity index (χ3n) is 5.45. The molecule has 0 aliphatic carbocycles. The molecule has 148 valence electrons. The molecule has 0 unspecified atom stereocenters. The SMILES string of the molecule is O=C(NCc1ccc(Cl)cc1)N1CCc2cnc(CC3CCOCC3)nc2C1. The van der Waals surface area contributed by atoms with E-state index in [9.17, 15) is 4.79 Å². The van der Waals surface area contributed by atoms with Gasteiger partial charge in [0.2, 0.25) is 0 Å². The summed E-state index contributed by atoms with van der Waals surface area (Å²) < 4.78 is 5.43. The Kier molecular flexibility index (Phi) is 6.07. The average molecular weight is 401 g/mol. The molecule has 0 atom stereocenters. The first-order valence-corrected chi connectivity index (χ1v) is 10.2. The molecule has 0 saturated carbocycles. The molecule has 2 aliphatic rings. The second-order valence-electron chi connectivity index (χ2n) is 7.47. The third-order valence-corrected chi connectivity index (χ3v) is 5.70. The predicted molar refractivity (Wildman–Crippen MR) is 107 cm³/mol. The number of carbonyl (C=O) groups is 1. The number of halogens is 1. The van der Waals surface area contributed by atoms with Crippen LogP contribution in [0.15, 0.2) is 30.5 Å². The molecule has 1 N–H and O–H groups in total. The topological polar surface area (TPSA) is 67.4 Å². The van der Waals surface area contributed by atoms with Crippen molar-refractivity contribution in [2.75, 3.05) is 19.8 Å². The molecular weight excluding hydrogens is 376 g/mol. The van der Waals surface area contributed by atoms with Crippen LogP contribution in [0.5, 0.6) is 0 Å². The summed E-state index contributed by atoms with van der Waals surface area (Å²) in [6.07, 6.45) is 5.76. The van der Waals surface area contributed by atoms with E-state index in [0.29, 0.717) is 30.6 Å². The van der Waals surface area contributed by atoms with Gasteiger partial charge < -0.3 is 15.0 Å². The van der Waals surface area contributed by atoms with Crippen molar-refractivity contribution in [3.05, 3.63) is 58.1 Å². The van der Waals surface area contributed by atoms with Gasteiger partial charge >= 0.3 is 6.03 Å². The number of amides is 2. The van der Waals surface area contributed by atoms with Crippen LogP contribution in [0.2, 0.25) is 5.02 Å². The monoisotopic (exact) mass is 400 g/mol. The van der Waals surface area contributed by atoms with Gasteiger partial charge in [-0.05, 0) is 48.4 Å². The minimum atomic E-state index is -0.0646. The number of carbonyl (C=O) groups excluding carboxylic acids is 1. The summed E-state index contributed by atoms with van der Waals surface area (Å²) in [5.41, 5.74) is 3.15. The van der Waals surface area contributed by atoms with Crippen LogP contribution in [0.25, 0.3) is 0 Å². The first-order valence-electron chi connectivity index (χ1n) is 9.86. The van der Waals surface area contributed by atoms with Gasteiger partial charge in [-0.2, -0.15) is 0 Å². The van der Waals surface area contributed by atoms with Crippen molar-refractivity contribution in [2.45, 2.75) is 38.8 Å². The molecule has 1 fully saturated rings. The highest BCUT2D eigenvalue weighted by molar-refractivity contribution is 6.30. The van der Waals surface area contributed by atoms with Gasteiger partial charge in [-0.25, -0.2) is 14.8 Å². The Balaban J connectivity index is 1.35. The molecular formula is C21H25ClN4O2. The summed E-state index contributed by atoms with van der Waals surface area (Å²) in [5.74, 6) is 1.48. The fourth-order valence-corrected chi connectivity index (χ4v) is 3.84. The Morgan fingerprint density at radius 1 is 1.25 bits per heavy atom. The molecule has 0 radical (unpaired) electrons. The molecule has 28 heavy (non-hydrogen) atoms. The van der Waals surface area contributed by atoms with Crippen molar-refractivity contribution < 1.29 is 9.53 Å². The van der Waals surface area contributed by atoms with E-state index >= 15 is 0 Å². The lowest BCUT2D eigenvalue weighted by atomic mass is 9.96. The first kappa shape index (κ1) is 19.2. The quantitative estimate of drug-likeness (QED) is 0.854. The molecule has 0 bridgehead atoms. The number of hydrogen-bond donors (Lipinski definition) is 1. The molecule has 4 rings (SSSR count). The molecule has 3 heterocycles. The number of fused-ring (bicyclic) bond motifs is 1. The van der Waals surface area contributed by atoms with E-state index in [-0.39, 0.29) is 6.03 Å². The van der Waals surface area contributed by atoms with E-state index in [0.717, 1.165) is 61.5 Å². The summed E-state index contributed by atoms with van der Waals surface area (Å²) >= 11 is 5.90. The second kappa shape index (κ2) is 8.88. The van der Waals surface area contributed by atoms with Gasteiger partial charge in [0.15, 0.2) is 0 Å². The standard InChI is InChI=1S/C21H25ClN4O2/c22-18-3-1-16(2-4-18)12-24-21(27)26-8-5-17-13-23-20(25-19(17)14-26)11-15-6-9-28-10-7-15/h1-4,13,15H,5-12,14H2,(H,24,27). The molecule has 6 nitrogen and oxygen atoms in total. The van der Waals surface area contributed by atoms with E-state index in [4.69, 9.17) is 21.3 Å². The zero-order valence-corrected chi connectivity index (χ0v) is 16.6. The van der Waals surface area contributed by atoms with Crippen LogP contribution in [0, 0.1) is 5.92 Å². The van der Waals surface area contributed by atoms with Crippen LogP contribution >= 0.6 is 11.6 Å². The van der Waals surface area contributed by atoms with Crippen LogP contribution in [-0.4, -0.2) is 40.7 Å². The van der Waals surface area contributed by atoms with Crippen molar-refractivity contribution in [3.8, 4) is 0 Å². The second-order valence-corrected chi connectivity index (χ2v) is 7.91. The van der Waals surface area contributed by atoms with Crippen molar-refractivity contribution in [1.29, 1.82) is 0 Å². The molecule has 0 spiro atoms. The molecule has 7 heteroatoms. The summed E-state index contributed by atoms with van der Waals surface area (Å²) in [6, 6.07) is 7.44. The Hall–Kier alpha value is -2.18. The molecule has 1 saturated heterocycles. The normalized spacial score (nSPS) is 17.2. The highest BCUT2D eigenvalue weighted by atomic mass is 35.5. The van der Waals surface area contributed by atoms with Gasteiger partial charge in [0.25, 0.3) is 0 Å². The lowest BCUT2D eigenvalue weighted by molar-refractivity contribution is 0.0659. The average Bonchev–Trinajstić information content (AvgIpc) is 2.73. The van der Waals surface area contributed by atoms with Crippen molar-refractivity contribution in [2.24, 2.45) is 5.92 Å². The fourth-order valence-electron chi connectivity index (χ4n) is 3.72. The Morgan fingerprint density at radius 2 is 2.04 bits per heavy atom. The van der Waals surface area contributed by atoms with E-state index in [1.165, 1.54) is 0 Å². The number of hydrogen-bond acceptors (Lipinski definition) is 4. The zero-order valence-electron chi connectivity index (χ0n) is 15.9. The Labute approximate surface area is 170 Å². The van der Waals surface area contributed by atoms with Crippen LogP contribution in [-0.2, 0) is 30.7 Å². The fraction of sp³-hybridized carbons (Fsp3) is 0.476. The lowest BCUT2D eigenvalue weighted by Gasteiger charge is -2.28. The summed E-state index contributed by atoms with van der Waals surface area (Å²) in [5, 5.41) is 3.68. The van der Waals surface area contributed by atoms with Gasteiger partial charge in [0.1, 0.15) is 5.82 Å². The molecule has 2 aromatic rings. The molecule has 2 aliphatic heterocycles. The number of benzene rings is 1. The molecule has 1 aromatic carbocycles. The van der Waals surface area contributed by atoms with Crippen molar-refractivity contribution in [3.63, 3.8) is 0 Å². The van der Waals surface area contributed by atoms with Gasteiger partial charge in [-0.1, -0.05) is 23.7 Å². The van der Waals surface area contributed by atoms with Crippen LogP contribution < -0.4 is 5.32 Å². The minimum absolute atomic E-state index is 0.0646. The highest BCUT2D eigenvalue weighted by Gasteiger charge is 2.23. The van der Waals surface area contributed by atoms with Gasteiger partial charge in [-0.15, -0.1) is 0 Å². The van der Waals surface area contributed by atoms with Crippen LogP contribution in [0.3, 0.4) is 0 Å². The molecule has 2 amide bonds. The van der Waals surface area contributed by atoms with Gasteiger partial charge in [0.05, 0.1) is 12.2 Å². The number of rotatable bonds is 4. The lowest BCUT2D eigenvalue weighted by Crippen LogP contribution is -2.42. The van der Waals surface area contributed by atoms with Crippen molar-refractivity contribution >= 4 is 17.6 Å². The third kappa shape index (κ3) is 4.80. The molecule has 1 aromatic heterocycles. The predicted octanol–water partition coefficient (Wildman–Crippen LogP) is 3.37. The summed E-state index contributed by atoms with van der Waals surface area (Å²) in [4.78, 5) is 23.7. The Morgan fingerprint density at radius 3 is 2.82 bits per heavy atom. The maximum Gasteiger partial charge on any atom is 0.318 e. The van der Waals surface area contributed by atoms with Gasteiger partial charge in [0, 0.05) is 43.9 Å². The van der Waals surface area contributed by atoms with E-state index in [2.05, 4.69) is 10.3 Å². The highest BCUT2D eigenvalue weighted by Crippen LogP contribution is 2.21.